The molecule has 1 atom stereocenters. The SMILES string of the molecule is O=C1N=C2c3ccccc3N=C(SCc3ccc(Cl)cc3)N2C1Cc1c[nH]c2ccccc12. The Hall–Kier alpha value is -3.35. The standard InChI is InChI=1S/C26H19ClN4OS/c27-18-11-9-16(10-12-18)15-33-26-29-22-8-4-2-6-20(22)24-30-25(32)23(31(24)26)13-17-14-28-21-7-3-1-5-19(17)21/h1-12,14,23,28H,13,15H2. The summed E-state index contributed by atoms with van der Waals surface area (Å²) in [7, 11) is 0. The molecule has 0 bridgehead atoms. The predicted molar refractivity (Wildman–Crippen MR) is 135 cm³/mol. The Bertz CT molecular complexity index is 1440. The Labute approximate surface area is 200 Å². The fourth-order valence-corrected chi connectivity index (χ4v) is 5.47. The molecule has 4 aromatic rings. The second-order valence-electron chi connectivity index (χ2n) is 8.05. The van der Waals surface area contributed by atoms with Gasteiger partial charge in [-0.05, 0) is 41.5 Å². The molecular formula is C26H19ClN4OS. The molecular weight excluding hydrogens is 452 g/mol. The van der Waals surface area contributed by atoms with Crippen molar-refractivity contribution in [1.82, 2.24) is 9.88 Å². The van der Waals surface area contributed by atoms with Crippen molar-refractivity contribution in [3.05, 3.63) is 101 Å². The van der Waals surface area contributed by atoms with Crippen molar-refractivity contribution in [3.63, 3.8) is 0 Å². The summed E-state index contributed by atoms with van der Waals surface area (Å²) in [6.45, 7) is 0. The van der Waals surface area contributed by atoms with Gasteiger partial charge < -0.3 is 4.98 Å². The number of amidine groups is 2. The van der Waals surface area contributed by atoms with Gasteiger partial charge in [-0.3, -0.25) is 9.69 Å². The molecule has 1 N–H and O–H groups in total. The summed E-state index contributed by atoms with van der Waals surface area (Å²) >= 11 is 7.65. The van der Waals surface area contributed by atoms with Crippen molar-refractivity contribution in [2.24, 2.45) is 9.98 Å². The Morgan fingerprint density at radius 1 is 0.970 bits per heavy atom. The molecule has 0 radical (unpaired) electrons. The molecule has 1 aromatic heterocycles. The molecule has 0 fully saturated rings. The second kappa shape index (κ2) is 8.21. The second-order valence-corrected chi connectivity index (χ2v) is 9.43. The average Bonchev–Trinajstić information content (AvgIpc) is 3.40. The molecule has 0 saturated heterocycles. The number of aromatic amines is 1. The van der Waals surface area contributed by atoms with E-state index in [4.69, 9.17) is 16.6 Å². The van der Waals surface area contributed by atoms with Crippen LogP contribution >= 0.6 is 23.4 Å². The van der Waals surface area contributed by atoms with E-state index in [9.17, 15) is 4.79 Å². The predicted octanol–water partition coefficient (Wildman–Crippen LogP) is 5.96. The van der Waals surface area contributed by atoms with E-state index in [-0.39, 0.29) is 5.91 Å². The minimum absolute atomic E-state index is 0.133. The maximum atomic E-state index is 13.2. The largest absolute Gasteiger partial charge is 0.361 e. The van der Waals surface area contributed by atoms with Gasteiger partial charge >= 0.3 is 0 Å². The van der Waals surface area contributed by atoms with E-state index in [2.05, 4.69) is 16.0 Å². The fourth-order valence-electron chi connectivity index (χ4n) is 4.34. The Kier molecular flexibility index (Phi) is 5.04. The number of hydrogen-bond donors (Lipinski definition) is 1. The third-order valence-electron chi connectivity index (χ3n) is 5.98. The van der Waals surface area contributed by atoms with Gasteiger partial charge in [0.1, 0.15) is 11.9 Å². The number of halogens is 1. The number of thioether (sulfide) groups is 1. The molecule has 3 aromatic carbocycles. The molecule has 33 heavy (non-hydrogen) atoms. The number of benzene rings is 3. The number of carbonyl (C=O) groups excluding carboxylic acids is 1. The van der Waals surface area contributed by atoms with Crippen molar-refractivity contribution >= 4 is 56.9 Å². The lowest BCUT2D eigenvalue weighted by Gasteiger charge is -2.31. The number of para-hydroxylation sites is 2. The zero-order valence-electron chi connectivity index (χ0n) is 17.5. The van der Waals surface area contributed by atoms with Crippen LogP contribution in [0.1, 0.15) is 16.7 Å². The van der Waals surface area contributed by atoms with E-state index >= 15 is 0 Å². The molecule has 1 amide bonds. The number of hydrogen-bond acceptors (Lipinski definition) is 4. The molecule has 1 unspecified atom stereocenters. The van der Waals surface area contributed by atoms with Crippen LogP contribution in [0.2, 0.25) is 5.02 Å². The van der Waals surface area contributed by atoms with E-state index < -0.39 is 6.04 Å². The third kappa shape index (κ3) is 3.65. The van der Waals surface area contributed by atoms with Gasteiger partial charge in [0.2, 0.25) is 0 Å². The number of H-pyrrole nitrogens is 1. The van der Waals surface area contributed by atoms with Gasteiger partial charge in [0.15, 0.2) is 5.17 Å². The number of carbonyl (C=O) groups is 1. The van der Waals surface area contributed by atoms with Crippen molar-refractivity contribution in [2.45, 2.75) is 18.2 Å². The summed E-state index contributed by atoms with van der Waals surface area (Å²) in [5.74, 6) is 1.27. The van der Waals surface area contributed by atoms with Crippen LogP contribution in [-0.4, -0.2) is 32.8 Å². The molecule has 162 valence electrons. The van der Waals surface area contributed by atoms with Crippen molar-refractivity contribution < 1.29 is 4.79 Å². The van der Waals surface area contributed by atoms with E-state index in [0.717, 1.165) is 44.2 Å². The molecule has 5 nitrogen and oxygen atoms in total. The van der Waals surface area contributed by atoms with Gasteiger partial charge in [0.05, 0.1) is 5.69 Å². The number of amides is 1. The number of aromatic nitrogens is 1. The average molecular weight is 471 g/mol. The summed E-state index contributed by atoms with van der Waals surface area (Å²) in [6, 6.07) is 23.4. The first-order valence-electron chi connectivity index (χ1n) is 10.7. The Morgan fingerprint density at radius 2 is 1.76 bits per heavy atom. The first kappa shape index (κ1) is 20.3. The molecule has 0 spiro atoms. The van der Waals surface area contributed by atoms with Crippen LogP contribution in [-0.2, 0) is 17.0 Å². The molecule has 2 aliphatic rings. The molecule has 7 heteroatoms. The minimum atomic E-state index is -0.427. The lowest BCUT2D eigenvalue weighted by atomic mass is 10.0. The van der Waals surface area contributed by atoms with Crippen molar-refractivity contribution in [2.75, 3.05) is 0 Å². The topological polar surface area (TPSA) is 60.8 Å². The summed E-state index contributed by atoms with van der Waals surface area (Å²) in [4.78, 5) is 27.9. The van der Waals surface area contributed by atoms with Gasteiger partial charge in [-0.2, -0.15) is 4.99 Å². The van der Waals surface area contributed by atoms with Gasteiger partial charge in [-0.1, -0.05) is 65.8 Å². The minimum Gasteiger partial charge on any atom is -0.361 e. The van der Waals surface area contributed by atoms with Crippen molar-refractivity contribution in [1.29, 1.82) is 0 Å². The summed E-state index contributed by atoms with van der Waals surface area (Å²) < 4.78 is 0. The van der Waals surface area contributed by atoms with Crippen molar-refractivity contribution in [3.8, 4) is 0 Å². The van der Waals surface area contributed by atoms with E-state index in [1.807, 2.05) is 77.8 Å². The normalized spacial score (nSPS) is 17.1. The highest BCUT2D eigenvalue weighted by molar-refractivity contribution is 8.13. The summed E-state index contributed by atoms with van der Waals surface area (Å²) in [5, 5.41) is 2.63. The maximum Gasteiger partial charge on any atom is 0.271 e. The lowest BCUT2D eigenvalue weighted by Crippen LogP contribution is -2.44. The Balaban J connectivity index is 1.36. The van der Waals surface area contributed by atoms with Crippen LogP contribution in [0.25, 0.3) is 10.9 Å². The quantitative estimate of drug-likeness (QED) is 0.400. The number of aliphatic imine (C=N–C) groups is 2. The van der Waals surface area contributed by atoms with Gasteiger partial charge in [-0.15, -0.1) is 0 Å². The lowest BCUT2D eigenvalue weighted by molar-refractivity contribution is -0.119. The highest BCUT2D eigenvalue weighted by Gasteiger charge is 2.41. The van der Waals surface area contributed by atoms with E-state index in [0.29, 0.717) is 17.3 Å². The van der Waals surface area contributed by atoms with Crippen LogP contribution in [0.3, 0.4) is 0 Å². The first-order valence-corrected chi connectivity index (χ1v) is 12.1. The highest BCUT2D eigenvalue weighted by Crippen LogP contribution is 2.36. The third-order valence-corrected chi connectivity index (χ3v) is 7.25. The molecule has 2 aliphatic heterocycles. The van der Waals surface area contributed by atoms with Crippen LogP contribution in [0.15, 0.2) is 89.0 Å². The number of fused-ring (bicyclic) bond motifs is 4. The van der Waals surface area contributed by atoms with Gasteiger partial charge in [0.25, 0.3) is 5.91 Å². The molecule has 0 saturated carbocycles. The van der Waals surface area contributed by atoms with Crippen LogP contribution in [0.5, 0.6) is 0 Å². The number of nitrogens with one attached hydrogen (secondary N) is 1. The highest BCUT2D eigenvalue weighted by atomic mass is 35.5. The maximum absolute atomic E-state index is 13.2. The van der Waals surface area contributed by atoms with E-state index in [1.165, 1.54) is 0 Å². The zero-order chi connectivity index (χ0) is 22.4. The van der Waals surface area contributed by atoms with Crippen LogP contribution in [0, 0.1) is 0 Å². The van der Waals surface area contributed by atoms with Gasteiger partial charge in [0, 0.05) is 39.9 Å². The van der Waals surface area contributed by atoms with E-state index in [1.54, 1.807) is 11.8 Å². The van der Waals surface area contributed by atoms with Crippen LogP contribution in [0.4, 0.5) is 5.69 Å². The first-order chi connectivity index (χ1) is 16.2. The Morgan fingerprint density at radius 3 is 2.64 bits per heavy atom. The molecule has 6 rings (SSSR count). The number of rotatable bonds is 4. The van der Waals surface area contributed by atoms with Crippen LogP contribution < -0.4 is 0 Å². The van der Waals surface area contributed by atoms with Gasteiger partial charge in [-0.25, -0.2) is 4.99 Å². The molecule has 0 aliphatic carbocycles. The zero-order valence-corrected chi connectivity index (χ0v) is 19.1. The smallest absolute Gasteiger partial charge is 0.271 e. The summed E-state index contributed by atoms with van der Waals surface area (Å²) in [5.41, 5.74) is 5.04. The summed E-state index contributed by atoms with van der Waals surface area (Å²) in [6.07, 6.45) is 2.55. The molecule has 3 heterocycles. The monoisotopic (exact) mass is 470 g/mol. The number of nitrogens with zero attached hydrogens (tertiary/aromatic N) is 3. The fraction of sp³-hybridized carbons (Fsp3) is 0.115.